The molecule has 0 spiro atoms. The van der Waals surface area contributed by atoms with Gasteiger partial charge in [-0.05, 0) is 37.2 Å². The highest BCUT2D eigenvalue weighted by atomic mass is 32.2. The van der Waals surface area contributed by atoms with Crippen LogP contribution in [0.1, 0.15) is 29.9 Å². The van der Waals surface area contributed by atoms with Gasteiger partial charge in [-0.15, -0.1) is 0 Å². The lowest BCUT2D eigenvalue weighted by atomic mass is 10.1. The molecule has 3 aromatic rings. The van der Waals surface area contributed by atoms with E-state index in [0.29, 0.717) is 34.0 Å². The summed E-state index contributed by atoms with van der Waals surface area (Å²) in [5.41, 5.74) is 1.98. The summed E-state index contributed by atoms with van der Waals surface area (Å²) in [5, 5.41) is 13.7. The van der Waals surface area contributed by atoms with Crippen molar-refractivity contribution in [3.63, 3.8) is 0 Å². The van der Waals surface area contributed by atoms with Gasteiger partial charge in [0.05, 0.1) is 12.0 Å². The van der Waals surface area contributed by atoms with Crippen molar-refractivity contribution in [3.05, 3.63) is 35.8 Å². The van der Waals surface area contributed by atoms with Crippen LogP contribution in [0.4, 0.5) is 5.82 Å². The molecule has 1 atom stereocenters. The summed E-state index contributed by atoms with van der Waals surface area (Å²) in [5.74, 6) is 0.538. The highest BCUT2D eigenvalue weighted by Crippen LogP contribution is 2.31. The molecule has 0 saturated heterocycles. The van der Waals surface area contributed by atoms with Gasteiger partial charge in [-0.2, -0.15) is 0 Å². The third kappa shape index (κ3) is 3.64. The van der Waals surface area contributed by atoms with Crippen LogP contribution >= 0.6 is 11.8 Å². The Morgan fingerprint density at radius 2 is 2.28 bits per heavy atom. The zero-order chi connectivity index (χ0) is 17.8. The van der Waals surface area contributed by atoms with Crippen molar-refractivity contribution in [2.45, 2.75) is 36.4 Å². The van der Waals surface area contributed by atoms with Gasteiger partial charge in [0.2, 0.25) is 0 Å². The summed E-state index contributed by atoms with van der Waals surface area (Å²) >= 11 is 1.39. The molecule has 0 radical (unpaired) electrons. The lowest BCUT2D eigenvalue weighted by Gasteiger charge is -2.13. The lowest BCUT2D eigenvalue weighted by Crippen LogP contribution is -2.20. The topological polar surface area (TPSA) is 104 Å². The van der Waals surface area contributed by atoms with Crippen LogP contribution in [-0.2, 0) is 6.42 Å². The van der Waals surface area contributed by atoms with Crippen LogP contribution in [0.25, 0.3) is 11.0 Å². The van der Waals surface area contributed by atoms with E-state index in [4.69, 9.17) is 0 Å². The molecule has 3 heterocycles. The average molecular weight is 357 g/mol. The van der Waals surface area contributed by atoms with Crippen molar-refractivity contribution < 1.29 is 9.90 Å². The number of nitrogens with one attached hydrogen (secondary N) is 2. The average Bonchev–Trinajstić information content (AvgIpc) is 3.00. The van der Waals surface area contributed by atoms with Gasteiger partial charge in [-0.25, -0.2) is 9.97 Å². The number of hydrogen-bond acceptors (Lipinski definition) is 7. The monoisotopic (exact) mass is 357 g/mol. The largest absolute Gasteiger partial charge is 0.394 e. The molecule has 0 aliphatic rings. The number of fused-ring (bicyclic) bond motifs is 1. The number of carbonyl (C=O) groups excluding carboxylic acids is 1. The minimum Gasteiger partial charge on any atom is -0.394 e. The lowest BCUT2D eigenvalue weighted by molar-refractivity contribution is 0.112. The van der Waals surface area contributed by atoms with Crippen LogP contribution < -0.4 is 5.32 Å². The van der Waals surface area contributed by atoms with Crippen molar-refractivity contribution in [3.8, 4) is 0 Å². The first-order chi connectivity index (χ1) is 12.2. The number of aromatic nitrogens is 4. The fourth-order valence-corrected chi connectivity index (χ4v) is 3.24. The fourth-order valence-electron chi connectivity index (χ4n) is 2.50. The summed E-state index contributed by atoms with van der Waals surface area (Å²) in [6.07, 6.45) is 4.96. The zero-order valence-corrected chi connectivity index (χ0v) is 14.8. The van der Waals surface area contributed by atoms with E-state index in [-0.39, 0.29) is 12.6 Å². The van der Waals surface area contributed by atoms with Crippen LogP contribution in [0.15, 0.2) is 34.6 Å². The molecule has 8 heteroatoms. The molecule has 0 bridgehead atoms. The summed E-state index contributed by atoms with van der Waals surface area (Å²) in [6, 6.07) is 3.58. The van der Waals surface area contributed by atoms with Crippen molar-refractivity contribution in [1.29, 1.82) is 0 Å². The van der Waals surface area contributed by atoms with Gasteiger partial charge in [0.15, 0.2) is 11.4 Å². The molecule has 7 nitrogen and oxygen atoms in total. The van der Waals surface area contributed by atoms with Gasteiger partial charge in [0.25, 0.3) is 0 Å². The van der Waals surface area contributed by atoms with E-state index in [1.807, 2.05) is 26.0 Å². The van der Waals surface area contributed by atoms with Gasteiger partial charge >= 0.3 is 0 Å². The Hall–Kier alpha value is -2.45. The van der Waals surface area contributed by atoms with E-state index in [2.05, 4.69) is 25.3 Å². The van der Waals surface area contributed by atoms with E-state index in [9.17, 15) is 9.90 Å². The number of carbonyl (C=O) groups is 1. The molecular formula is C17H19N5O2S. The Morgan fingerprint density at radius 1 is 1.44 bits per heavy atom. The fraction of sp³-hybridized carbons (Fsp3) is 0.294. The van der Waals surface area contributed by atoms with Gasteiger partial charge in [0.1, 0.15) is 11.5 Å². The van der Waals surface area contributed by atoms with Crippen molar-refractivity contribution >= 4 is 34.9 Å². The first kappa shape index (κ1) is 17.4. The van der Waals surface area contributed by atoms with Crippen molar-refractivity contribution in [2.24, 2.45) is 0 Å². The molecule has 0 aromatic carbocycles. The number of aliphatic hydroxyl groups is 1. The van der Waals surface area contributed by atoms with Crippen LogP contribution in [0.3, 0.4) is 0 Å². The van der Waals surface area contributed by atoms with Gasteiger partial charge in [0, 0.05) is 34.6 Å². The van der Waals surface area contributed by atoms with Crippen molar-refractivity contribution in [1.82, 2.24) is 19.9 Å². The number of aromatic amines is 1. The second-order valence-electron chi connectivity index (χ2n) is 5.59. The highest BCUT2D eigenvalue weighted by molar-refractivity contribution is 7.99. The van der Waals surface area contributed by atoms with E-state index < -0.39 is 0 Å². The molecule has 0 saturated carbocycles. The minimum absolute atomic E-state index is 0.0436. The van der Waals surface area contributed by atoms with Crippen LogP contribution in [0.2, 0.25) is 0 Å². The molecule has 0 aliphatic carbocycles. The minimum atomic E-state index is -0.200. The number of nitrogens with zero attached hydrogens (tertiary/aromatic N) is 3. The predicted molar refractivity (Wildman–Crippen MR) is 97.2 cm³/mol. The van der Waals surface area contributed by atoms with Gasteiger partial charge < -0.3 is 15.4 Å². The second-order valence-corrected chi connectivity index (χ2v) is 6.63. The number of aryl methyl sites for hydroxylation is 1. The molecule has 3 N–H and O–H groups in total. The summed E-state index contributed by atoms with van der Waals surface area (Å²) < 4.78 is 0. The summed E-state index contributed by atoms with van der Waals surface area (Å²) in [4.78, 5) is 28.9. The molecule has 25 heavy (non-hydrogen) atoms. The Kier molecular flexibility index (Phi) is 5.30. The number of H-pyrrole nitrogens is 1. The second kappa shape index (κ2) is 7.62. The van der Waals surface area contributed by atoms with E-state index in [0.717, 1.165) is 16.9 Å². The maximum atomic E-state index is 11.6. The Balaban J connectivity index is 2.12. The SMILES string of the molecule is CCc1[nH]c2nc(Sc3cccnc3)nc(N[C@H](C)CO)c2c1C=O. The van der Waals surface area contributed by atoms with E-state index >= 15 is 0 Å². The molecule has 130 valence electrons. The number of aliphatic hydroxyl groups excluding tert-OH is 1. The highest BCUT2D eigenvalue weighted by Gasteiger charge is 2.19. The number of aldehydes is 1. The molecule has 0 unspecified atom stereocenters. The van der Waals surface area contributed by atoms with Gasteiger partial charge in [-0.1, -0.05) is 6.92 Å². The van der Waals surface area contributed by atoms with Crippen LogP contribution in [0, 0.1) is 0 Å². The standard InChI is InChI=1S/C17H19N5O2S/c1-3-13-12(9-24)14-15(19-10(2)8-23)21-17(22-16(14)20-13)25-11-5-4-6-18-7-11/h4-7,9-10,23H,3,8H2,1-2H3,(H2,19,20,21,22)/t10-/m1/s1. The van der Waals surface area contributed by atoms with Crippen molar-refractivity contribution in [2.75, 3.05) is 11.9 Å². The number of hydrogen-bond donors (Lipinski definition) is 3. The number of rotatable bonds is 7. The Morgan fingerprint density at radius 3 is 2.92 bits per heavy atom. The maximum absolute atomic E-state index is 11.6. The predicted octanol–water partition coefficient (Wildman–Crippen LogP) is 2.67. The molecule has 0 fully saturated rings. The molecule has 3 aromatic heterocycles. The van der Waals surface area contributed by atoms with E-state index in [1.165, 1.54) is 11.8 Å². The summed E-state index contributed by atoms with van der Waals surface area (Å²) in [6.45, 7) is 3.77. The molecule has 3 rings (SSSR count). The maximum Gasteiger partial charge on any atom is 0.196 e. The number of pyridine rings is 1. The Labute approximate surface area is 149 Å². The molecule has 0 aliphatic heterocycles. The van der Waals surface area contributed by atoms with Gasteiger partial charge in [-0.3, -0.25) is 9.78 Å². The van der Waals surface area contributed by atoms with Crippen LogP contribution in [0.5, 0.6) is 0 Å². The van der Waals surface area contributed by atoms with E-state index in [1.54, 1.807) is 12.4 Å². The zero-order valence-electron chi connectivity index (χ0n) is 14.0. The molecular weight excluding hydrogens is 338 g/mol. The first-order valence-electron chi connectivity index (χ1n) is 7.99. The Bertz CT molecular complexity index is 882. The normalized spacial score (nSPS) is 12.3. The first-order valence-corrected chi connectivity index (χ1v) is 8.81. The van der Waals surface area contributed by atoms with Crippen LogP contribution in [-0.4, -0.2) is 44.0 Å². The molecule has 0 amide bonds. The number of anilines is 1. The summed E-state index contributed by atoms with van der Waals surface area (Å²) in [7, 11) is 0. The third-order valence-electron chi connectivity index (χ3n) is 3.72. The third-order valence-corrected chi connectivity index (χ3v) is 4.57. The quantitative estimate of drug-likeness (QED) is 0.441. The smallest absolute Gasteiger partial charge is 0.196 e.